The summed E-state index contributed by atoms with van der Waals surface area (Å²) < 4.78 is 5.21. The van der Waals surface area contributed by atoms with Crippen molar-refractivity contribution in [1.82, 2.24) is 4.98 Å². The van der Waals surface area contributed by atoms with Gasteiger partial charge in [0.05, 0.1) is 18.7 Å². The summed E-state index contributed by atoms with van der Waals surface area (Å²) in [5.74, 6) is -0.725. The number of benzene rings is 2. The van der Waals surface area contributed by atoms with E-state index in [0.29, 0.717) is 22.7 Å². The molecule has 6 heteroatoms. The van der Waals surface area contributed by atoms with E-state index in [1.165, 1.54) is 4.90 Å². The van der Waals surface area contributed by atoms with E-state index < -0.39 is 17.7 Å². The number of hydrogen-bond donors (Lipinski definition) is 1. The number of carbonyl (C=O) groups is 2. The van der Waals surface area contributed by atoms with Crippen LogP contribution in [0.25, 0.3) is 5.76 Å². The van der Waals surface area contributed by atoms with Crippen molar-refractivity contribution in [3.63, 3.8) is 0 Å². The maximum atomic E-state index is 12.9. The molecule has 1 aromatic heterocycles. The third-order valence-electron chi connectivity index (χ3n) is 4.82. The first-order valence-corrected chi connectivity index (χ1v) is 9.03. The second kappa shape index (κ2) is 7.59. The van der Waals surface area contributed by atoms with Crippen LogP contribution in [0.5, 0.6) is 5.75 Å². The predicted molar refractivity (Wildman–Crippen MR) is 108 cm³/mol. The maximum Gasteiger partial charge on any atom is 0.301 e. The van der Waals surface area contributed by atoms with E-state index in [9.17, 15) is 14.7 Å². The van der Waals surface area contributed by atoms with Gasteiger partial charge in [0.2, 0.25) is 0 Å². The van der Waals surface area contributed by atoms with Crippen LogP contribution >= 0.6 is 0 Å². The number of nitrogens with zero attached hydrogens (tertiary/aromatic N) is 2. The molecule has 29 heavy (non-hydrogen) atoms. The summed E-state index contributed by atoms with van der Waals surface area (Å²) in [5.41, 5.74) is 1.15. The molecule has 1 aliphatic rings. The molecule has 0 unspecified atom stereocenters. The Morgan fingerprint density at radius 1 is 0.966 bits per heavy atom. The number of aromatic nitrogens is 1. The molecule has 1 fully saturated rings. The van der Waals surface area contributed by atoms with Gasteiger partial charge in [-0.05, 0) is 29.8 Å². The molecule has 4 rings (SSSR count). The molecule has 1 saturated heterocycles. The number of aliphatic hydroxyl groups excluding tert-OH is 1. The molecule has 1 amide bonds. The highest BCUT2D eigenvalue weighted by atomic mass is 16.5. The van der Waals surface area contributed by atoms with E-state index in [1.807, 2.05) is 6.07 Å². The largest absolute Gasteiger partial charge is 0.507 e. The van der Waals surface area contributed by atoms with Crippen molar-refractivity contribution < 1.29 is 19.4 Å². The second-order valence-corrected chi connectivity index (χ2v) is 6.50. The highest BCUT2D eigenvalue weighted by Crippen LogP contribution is 2.41. The fourth-order valence-corrected chi connectivity index (χ4v) is 3.42. The van der Waals surface area contributed by atoms with Crippen molar-refractivity contribution in [2.75, 3.05) is 12.0 Å². The lowest BCUT2D eigenvalue weighted by Crippen LogP contribution is -2.30. The van der Waals surface area contributed by atoms with Crippen LogP contribution in [0.3, 0.4) is 0 Å². The van der Waals surface area contributed by atoms with E-state index in [2.05, 4.69) is 4.98 Å². The zero-order chi connectivity index (χ0) is 20.4. The maximum absolute atomic E-state index is 12.9. The van der Waals surface area contributed by atoms with E-state index >= 15 is 0 Å². The van der Waals surface area contributed by atoms with E-state index in [0.717, 1.165) is 0 Å². The van der Waals surface area contributed by atoms with Crippen LogP contribution in [0, 0.1) is 0 Å². The first kappa shape index (κ1) is 18.4. The van der Waals surface area contributed by atoms with Crippen molar-refractivity contribution in [3.8, 4) is 5.75 Å². The average Bonchev–Trinajstić information content (AvgIpc) is 3.05. The molecular weight excluding hydrogens is 368 g/mol. The van der Waals surface area contributed by atoms with Gasteiger partial charge in [0.15, 0.2) is 0 Å². The van der Waals surface area contributed by atoms with Gasteiger partial charge >= 0.3 is 5.91 Å². The third-order valence-corrected chi connectivity index (χ3v) is 4.82. The minimum absolute atomic E-state index is 0.0250. The van der Waals surface area contributed by atoms with Gasteiger partial charge in [-0.1, -0.05) is 48.5 Å². The molecule has 0 bridgehead atoms. The number of ketones is 1. The molecule has 2 heterocycles. The van der Waals surface area contributed by atoms with Gasteiger partial charge < -0.3 is 9.84 Å². The normalized spacial score (nSPS) is 18.1. The Labute approximate surface area is 167 Å². The van der Waals surface area contributed by atoms with Gasteiger partial charge in [0.25, 0.3) is 5.78 Å². The summed E-state index contributed by atoms with van der Waals surface area (Å²) >= 11 is 0. The number of ether oxygens (including phenoxy) is 1. The molecule has 0 saturated carbocycles. The van der Waals surface area contributed by atoms with Crippen LogP contribution in [0.1, 0.15) is 17.2 Å². The van der Waals surface area contributed by atoms with Gasteiger partial charge in [0, 0.05) is 11.8 Å². The van der Waals surface area contributed by atoms with Crippen LogP contribution in [0.2, 0.25) is 0 Å². The van der Waals surface area contributed by atoms with E-state index in [-0.39, 0.29) is 11.3 Å². The van der Waals surface area contributed by atoms with Crippen LogP contribution in [-0.2, 0) is 9.59 Å². The first-order valence-electron chi connectivity index (χ1n) is 9.03. The number of aliphatic hydroxyl groups is 1. The number of anilines is 1. The predicted octanol–water partition coefficient (Wildman–Crippen LogP) is 3.72. The molecular formula is C23H18N2O4. The Balaban J connectivity index is 1.93. The first-order chi connectivity index (χ1) is 14.1. The monoisotopic (exact) mass is 386 g/mol. The molecule has 1 N–H and O–H groups in total. The summed E-state index contributed by atoms with van der Waals surface area (Å²) in [6, 6.07) is 20.0. The minimum Gasteiger partial charge on any atom is -0.507 e. The number of pyridine rings is 1. The quantitative estimate of drug-likeness (QED) is 0.420. The molecule has 0 spiro atoms. The molecule has 144 valence electrons. The Morgan fingerprint density at radius 3 is 2.28 bits per heavy atom. The van der Waals surface area contributed by atoms with Crippen LogP contribution < -0.4 is 9.64 Å². The number of hydrogen-bond acceptors (Lipinski definition) is 5. The van der Waals surface area contributed by atoms with Crippen LogP contribution in [0.15, 0.2) is 84.6 Å². The Bertz CT molecular complexity index is 1080. The molecule has 2 aromatic carbocycles. The Kier molecular flexibility index (Phi) is 4.83. The Morgan fingerprint density at radius 2 is 1.66 bits per heavy atom. The number of methoxy groups -OCH3 is 1. The number of rotatable bonds is 4. The highest BCUT2D eigenvalue weighted by molar-refractivity contribution is 6.51. The van der Waals surface area contributed by atoms with Crippen molar-refractivity contribution in [2.45, 2.75) is 6.04 Å². The van der Waals surface area contributed by atoms with Crippen molar-refractivity contribution in [1.29, 1.82) is 0 Å². The van der Waals surface area contributed by atoms with E-state index in [1.54, 1.807) is 80.0 Å². The lowest BCUT2D eigenvalue weighted by Gasteiger charge is -2.24. The summed E-state index contributed by atoms with van der Waals surface area (Å²) in [6.07, 6.45) is 1.55. The van der Waals surface area contributed by atoms with E-state index in [4.69, 9.17) is 4.74 Å². The lowest BCUT2D eigenvalue weighted by atomic mass is 9.95. The zero-order valence-electron chi connectivity index (χ0n) is 15.6. The summed E-state index contributed by atoms with van der Waals surface area (Å²) in [4.78, 5) is 31.4. The molecule has 1 atom stereocenters. The second-order valence-electron chi connectivity index (χ2n) is 6.50. The summed E-state index contributed by atoms with van der Waals surface area (Å²) in [6.45, 7) is 0. The third kappa shape index (κ3) is 3.25. The topological polar surface area (TPSA) is 79.7 Å². The standard InChI is InChI=1S/C23H18N2O4/c1-29-17-12-10-15(11-13-17)20-19(21(26)16-7-3-2-4-8-16)22(27)23(28)25(20)18-9-5-6-14-24-18/h2-14,20,26H,1H3/b21-19+/t20-/m1/s1. The summed E-state index contributed by atoms with van der Waals surface area (Å²) in [5, 5.41) is 10.9. The van der Waals surface area contributed by atoms with Gasteiger partial charge in [-0.2, -0.15) is 0 Å². The Hall–Kier alpha value is -3.93. The number of Topliss-reactive ketones (excluding diaryl/α,β-unsaturated/α-hetero) is 1. The SMILES string of the molecule is COc1ccc([C@@H]2/C(=C(\O)c3ccccc3)C(=O)C(=O)N2c2ccccn2)cc1. The van der Waals surface area contributed by atoms with Crippen LogP contribution in [-0.4, -0.2) is 28.9 Å². The molecule has 6 nitrogen and oxygen atoms in total. The summed E-state index contributed by atoms with van der Waals surface area (Å²) in [7, 11) is 1.56. The zero-order valence-corrected chi connectivity index (χ0v) is 15.6. The average molecular weight is 386 g/mol. The molecule has 0 aliphatic carbocycles. The van der Waals surface area contributed by atoms with Crippen molar-refractivity contribution in [3.05, 3.63) is 95.7 Å². The van der Waals surface area contributed by atoms with Gasteiger partial charge in [-0.25, -0.2) is 4.98 Å². The number of carbonyl (C=O) groups excluding carboxylic acids is 2. The fraction of sp³-hybridized carbons (Fsp3) is 0.0870. The van der Waals surface area contributed by atoms with Crippen molar-refractivity contribution in [2.24, 2.45) is 0 Å². The van der Waals surface area contributed by atoms with Crippen molar-refractivity contribution >= 4 is 23.3 Å². The van der Waals surface area contributed by atoms with Crippen LogP contribution in [0.4, 0.5) is 5.82 Å². The molecule has 0 radical (unpaired) electrons. The van der Waals surface area contributed by atoms with Gasteiger partial charge in [-0.3, -0.25) is 14.5 Å². The molecule has 1 aliphatic heterocycles. The molecule has 3 aromatic rings. The lowest BCUT2D eigenvalue weighted by molar-refractivity contribution is -0.132. The smallest absolute Gasteiger partial charge is 0.301 e. The van der Waals surface area contributed by atoms with Gasteiger partial charge in [0.1, 0.15) is 17.3 Å². The van der Waals surface area contributed by atoms with Gasteiger partial charge in [-0.15, -0.1) is 0 Å². The highest BCUT2D eigenvalue weighted by Gasteiger charge is 2.47. The fourth-order valence-electron chi connectivity index (χ4n) is 3.42. The number of amides is 1. The minimum atomic E-state index is -0.809.